The number of halogens is 3. The van der Waals surface area contributed by atoms with Gasteiger partial charge in [-0.15, -0.1) is 0 Å². The van der Waals surface area contributed by atoms with Crippen LogP contribution in [-0.4, -0.2) is 29.0 Å². The van der Waals surface area contributed by atoms with E-state index in [2.05, 4.69) is 29.2 Å². The van der Waals surface area contributed by atoms with Gasteiger partial charge in [0.1, 0.15) is 9.73 Å². The SMILES string of the molecule is COC(=O)C(=S)C(=S)C(F)(F)F. The van der Waals surface area contributed by atoms with E-state index in [-0.39, 0.29) is 0 Å². The monoisotopic (exact) mass is 216 g/mol. The summed E-state index contributed by atoms with van der Waals surface area (Å²) in [5.41, 5.74) is 0. The van der Waals surface area contributed by atoms with Crippen molar-refractivity contribution in [3.63, 3.8) is 0 Å². The number of thiocarbonyl (C=S) groups is 2. The van der Waals surface area contributed by atoms with Gasteiger partial charge in [-0.2, -0.15) is 13.2 Å². The Kier molecular flexibility index (Phi) is 3.72. The third-order valence-corrected chi connectivity index (χ3v) is 1.77. The number of carbonyl (C=O) groups is 1. The first-order chi connectivity index (χ1) is 5.30. The summed E-state index contributed by atoms with van der Waals surface area (Å²) >= 11 is 8.00. The maximum atomic E-state index is 11.8. The van der Waals surface area contributed by atoms with Gasteiger partial charge in [0.2, 0.25) is 0 Å². The summed E-state index contributed by atoms with van der Waals surface area (Å²) < 4.78 is 39.2. The lowest BCUT2D eigenvalue weighted by molar-refractivity contribution is -0.132. The molecular weight excluding hydrogens is 213 g/mol. The van der Waals surface area contributed by atoms with Crippen LogP contribution in [0.1, 0.15) is 0 Å². The summed E-state index contributed by atoms with van der Waals surface area (Å²) in [6, 6.07) is 0. The van der Waals surface area contributed by atoms with Crippen molar-refractivity contribution in [3.8, 4) is 0 Å². The summed E-state index contributed by atoms with van der Waals surface area (Å²) in [5.74, 6) is -1.24. The molecular formula is C5H3F3O2S2. The van der Waals surface area contributed by atoms with E-state index in [9.17, 15) is 18.0 Å². The Morgan fingerprint density at radius 3 is 2.00 bits per heavy atom. The van der Waals surface area contributed by atoms with E-state index in [0.717, 1.165) is 7.11 Å². The number of carbonyl (C=O) groups excluding carboxylic acids is 1. The van der Waals surface area contributed by atoms with Crippen molar-refractivity contribution in [2.24, 2.45) is 0 Å². The summed E-state index contributed by atoms with van der Waals surface area (Å²) in [5, 5.41) is 0. The number of hydrogen-bond acceptors (Lipinski definition) is 4. The average Bonchev–Trinajstić information content (AvgIpc) is 1.98. The number of hydrogen-bond donors (Lipinski definition) is 0. The van der Waals surface area contributed by atoms with Crippen LogP contribution in [0.15, 0.2) is 0 Å². The molecule has 2 nitrogen and oxygen atoms in total. The first-order valence-electron chi connectivity index (χ1n) is 2.54. The van der Waals surface area contributed by atoms with Crippen molar-refractivity contribution in [1.29, 1.82) is 0 Å². The van der Waals surface area contributed by atoms with Gasteiger partial charge in [0, 0.05) is 0 Å². The van der Waals surface area contributed by atoms with Crippen LogP contribution in [0.4, 0.5) is 13.2 Å². The molecule has 0 amide bonds. The molecule has 0 N–H and O–H groups in total. The Labute approximate surface area is 76.7 Å². The summed E-state index contributed by atoms with van der Waals surface area (Å²) in [7, 11) is 0.924. The minimum Gasteiger partial charge on any atom is -0.465 e. The molecule has 0 bridgehead atoms. The third-order valence-electron chi connectivity index (χ3n) is 0.834. The normalized spacial score (nSPS) is 10.7. The second-order valence-electron chi connectivity index (χ2n) is 1.65. The molecule has 0 radical (unpaired) electrons. The zero-order chi connectivity index (χ0) is 9.94. The van der Waals surface area contributed by atoms with Crippen molar-refractivity contribution < 1.29 is 22.7 Å². The highest BCUT2D eigenvalue weighted by molar-refractivity contribution is 7.91. The Bertz CT molecular complexity index is 233. The molecule has 12 heavy (non-hydrogen) atoms. The highest BCUT2D eigenvalue weighted by Gasteiger charge is 2.39. The number of ether oxygens (including phenoxy) is 1. The van der Waals surface area contributed by atoms with E-state index >= 15 is 0 Å². The van der Waals surface area contributed by atoms with E-state index in [1.165, 1.54) is 0 Å². The topological polar surface area (TPSA) is 26.3 Å². The Hall–Kier alpha value is -0.560. The lowest BCUT2D eigenvalue weighted by Gasteiger charge is -2.06. The average molecular weight is 216 g/mol. The van der Waals surface area contributed by atoms with Crippen molar-refractivity contribution in [1.82, 2.24) is 0 Å². The van der Waals surface area contributed by atoms with Gasteiger partial charge in [-0.05, 0) is 0 Å². The van der Waals surface area contributed by atoms with Crippen molar-refractivity contribution in [3.05, 3.63) is 0 Å². The molecule has 0 atom stereocenters. The Balaban J connectivity index is 4.53. The maximum Gasteiger partial charge on any atom is 0.428 e. The van der Waals surface area contributed by atoms with Gasteiger partial charge in [-0.3, -0.25) is 0 Å². The van der Waals surface area contributed by atoms with Crippen LogP contribution in [0.5, 0.6) is 0 Å². The van der Waals surface area contributed by atoms with Crippen LogP contribution >= 0.6 is 24.4 Å². The highest BCUT2D eigenvalue weighted by Crippen LogP contribution is 2.18. The Morgan fingerprint density at radius 2 is 1.75 bits per heavy atom. The van der Waals surface area contributed by atoms with E-state index in [1.807, 2.05) is 0 Å². The number of rotatable bonds is 2. The standard InChI is InChI=1S/C5H3F3O2S2/c1-10-4(9)2(11)3(12)5(6,7)8/h1H3. The van der Waals surface area contributed by atoms with Gasteiger partial charge in [0.05, 0.1) is 7.11 Å². The Morgan fingerprint density at radius 1 is 1.33 bits per heavy atom. The lowest BCUT2D eigenvalue weighted by atomic mass is 10.3. The molecule has 0 aliphatic carbocycles. The molecule has 0 aliphatic rings. The van der Waals surface area contributed by atoms with E-state index in [1.54, 1.807) is 0 Å². The molecule has 0 unspecified atom stereocenters. The van der Waals surface area contributed by atoms with Crippen molar-refractivity contribution in [2.75, 3.05) is 7.11 Å². The van der Waals surface area contributed by atoms with Gasteiger partial charge in [0.25, 0.3) is 0 Å². The molecule has 0 aromatic rings. The fourth-order valence-corrected chi connectivity index (χ4v) is 0.597. The number of methoxy groups -OCH3 is 1. The summed E-state index contributed by atoms with van der Waals surface area (Å²) in [6.45, 7) is 0. The smallest absolute Gasteiger partial charge is 0.428 e. The molecule has 0 aromatic carbocycles. The van der Waals surface area contributed by atoms with Crippen molar-refractivity contribution >= 4 is 40.1 Å². The molecule has 0 heterocycles. The first kappa shape index (κ1) is 11.4. The van der Waals surface area contributed by atoms with Gasteiger partial charge in [0.15, 0.2) is 0 Å². The van der Waals surface area contributed by atoms with Gasteiger partial charge < -0.3 is 4.74 Å². The lowest BCUT2D eigenvalue weighted by Crippen LogP contribution is -2.33. The number of esters is 1. The molecule has 68 valence electrons. The third kappa shape index (κ3) is 2.82. The maximum absolute atomic E-state index is 11.8. The molecule has 0 aromatic heterocycles. The van der Waals surface area contributed by atoms with Gasteiger partial charge in [-0.1, -0.05) is 24.4 Å². The zero-order valence-electron chi connectivity index (χ0n) is 5.77. The zero-order valence-corrected chi connectivity index (χ0v) is 7.40. The minimum absolute atomic E-state index is 0.924. The first-order valence-corrected chi connectivity index (χ1v) is 3.36. The second kappa shape index (κ2) is 3.90. The molecule has 0 aliphatic heterocycles. The van der Waals surface area contributed by atoms with Crippen LogP contribution in [0.2, 0.25) is 0 Å². The van der Waals surface area contributed by atoms with E-state index < -0.39 is 21.9 Å². The van der Waals surface area contributed by atoms with Gasteiger partial charge >= 0.3 is 12.1 Å². The molecule has 0 rings (SSSR count). The molecule has 0 saturated heterocycles. The van der Waals surface area contributed by atoms with Crippen LogP contribution in [0.25, 0.3) is 0 Å². The highest BCUT2D eigenvalue weighted by atomic mass is 32.1. The van der Waals surface area contributed by atoms with Crippen LogP contribution in [0.3, 0.4) is 0 Å². The molecule has 0 fully saturated rings. The van der Waals surface area contributed by atoms with Gasteiger partial charge in [-0.25, -0.2) is 4.79 Å². The van der Waals surface area contributed by atoms with Crippen LogP contribution < -0.4 is 0 Å². The second-order valence-corrected chi connectivity index (χ2v) is 2.46. The van der Waals surface area contributed by atoms with E-state index in [4.69, 9.17) is 0 Å². The quantitative estimate of drug-likeness (QED) is 0.515. The van der Waals surface area contributed by atoms with Crippen molar-refractivity contribution in [2.45, 2.75) is 6.18 Å². The molecule has 0 spiro atoms. The predicted molar refractivity (Wildman–Crippen MR) is 43.3 cm³/mol. The predicted octanol–water partition coefficient (Wildman–Crippen LogP) is 1.46. The fourth-order valence-electron chi connectivity index (χ4n) is 0.314. The largest absolute Gasteiger partial charge is 0.465 e. The van der Waals surface area contributed by atoms with Crippen LogP contribution in [-0.2, 0) is 9.53 Å². The minimum atomic E-state index is -4.75. The van der Waals surface area contributed by atoms with Crippen LogP contribution in [0, 0.1) is 0 Å². The molecule has 0 saturated carbocycles. The van der Waals surface area contributed by atoms with E-state index in [0.29, 0.717) is 0 Å². The fraction of sp³-hybridized carbons (Fsp3) is 0.400. The summed E-state index contributed by atoms with van der Waals surface area (Å²) in [6.07, 6.45) is -4.75. The number of alkyl halides is 3. The summed E-state index contributed by atoms with van der Waals surface area (Å²) in [4.78, 5) is 7.91. The molecule has 7 heteroatoms.